The SMILES string of the molecule is COc1ccc(O[C@@H]2Cc3cc(OC)ccc3N[C@@H]2CN(Cc2ccccc2)Cc2ccccc2)cc1. The number of methoxy groups -OCH3 is 2. The van der Waals surface area contributed by atoms with Crippen LogP contribution in [-0.4, -0.2) is 37.8 Å². The van der Waals surface area contributed by atoms with Gasteiger partial charge in [0.25, 0.3) is 0 Å². The Morgan fingerprint density at radius 2 is 1.27 bits per heavy atom. The molecule has 0 aliphatic carbocycles. The van der Waals surface area contributed by atoms with E-state index in [0.29, 0.717) is 0 Å². The van der Waals surface area contributed by atoms with Crippen LogP contribution in [0.3, 0.4) is 0 Å². The lowest BCUT2D eigenvalue weighted by Gasteiger charge is -2.38. The predicted octanol–water partition coefficient (Wildman–Crippen LogP) is 6.19. The van der Waals surface area contributed by atoms with E-state index in [-0.39, 0.29) is 12.1 Å². The van der Waals surface area contributed by atoms with E-state index in [9.17, 15) is 0 Å². The number of ether oxygens (including phenoxy) is 3. The second-order valence-electron chi connectivity index (χ2n) is 9.45. The highest BCUT2D eigenvalue weighted by Gasteiger charge is 2.32. The van der Waals surface area contributed by atoms with Crippen LogP contribution in [0.2, 0.25) is 0 Å². The van der Waals surface area contributed by atoms with Crippen LogP contribution in [0, 0.1) is 0 Å². The molecule has 4 aromatic rings. The van der Waals surface area contributed by atoms with Gasteiger partial charge >= 0.3 is 0 Å². The molecule has 0 saturated carbocycles. The first-order valence-electron chi connectivity index (χ1n) is 12.7. The maximum Gasteiger partial charge on any atom is 0.124 e. The second kappa shape index (κ2) is 11.8. The Labute approximate surface area is 219 Å². The Morgan fingerprint density at radius 1 is 0.703 bits per heavy atom. The van der Waals surface area contributed by atoms with Crippen LogP contribution in [0.1, 0.15) is 16.7 Å². The number of hydrogen-bond donors (Lipinski definition) is 1. The molecule has 0 aromatic heterocycles. The number of nitrogens with zero attached hydrogens (tertiary/aromatic N) is 1. The molecule has 0 fully saturated rings. The van der Waals surface area contributed by atoms with Gasteiger partial charge in [-0.3, -0.25) is 4.90 Å². The quantitative estimate of drug-likeness (QED) is 0.285. The van der Waals surface area contributed by atoms with Gasteiger partial charge in [0, 0.05) is 31.7 Å². The molecule has 0 spiro atoms. The summed E-state index contributed by atoms with van der Waals surface area (Å²) in [6.07, 6.45) is 0.739. The zero-order chi connectivity index (χ0) is 25.5. The van der Waals surface area contributed by atoms with Crippen molar-refractivity contribution in [2.24, 2.45) is 0 Å². The van der Waals surface area contributed by atoms with Gasteiger partial charge in [-0.25, -0.2) is 0 Å². The molecule has 190 valence electrons. The van der Waals surface area contributed by atoms with Crippen LogP contribution in [-0.2, 0) is 19.5 Å². The van der Waals surface area contributed by atoms with Crippen LogP contribution in [0.4, 0.5) is 5.69 Å². The molecule has 5 rings (SSSR count). The molecule has 1 N–H and O–H groups in total. The zero-order valence-corrected chi connectivity index (χ0v) is 21.5. The number of anilines is 1. The third kappa shape index (κ3) is 6.43. The molecule has 2 atom stereocenters. The summed E-state index contributed by atoms with van der Waals surface area (Å²) in [7, 11) is 3.38. The van der Waals surface area contributed by atoms with Gasteiger partial charge in [0.2, 0.25) is 0 Å². The Hall–Kier alpha value is -3.96. The van der Waals surface area contributed by atoms with E-state index in [2.05, 4.69) is 83.0 Å². The molecule has 4 aromatic carbocycles. The Bertz CT molecular complexity index is 1220. The van der Waals surface area contributed by atoms with Crippen LogP contribution < -0.4 is 19.5 Å². The van der Waals surface area contributed by atoms with Crippen molar-refractivity contribution in [3.8, 4) is 17.2 Å². The molecule has 0 unspecified atom stereocenters. The molecule has 1 aliphatic rings. The second-order valence-corrected chi connectivity index (χ2v) is 9.45. The van der Waals surface area contributed by atoms with Crippen molar-refractivity contribution >= 4 is 5.69 Å². The first-order chi connectivity index (χ1) is 18.2. The average molecular weight is 495 g/mol. The van der Waals surface area contributed by atoms with Gasteiger partial charge < -0.3 is 19.5 Å². The van der Waals surface area contributed by atoms with Crippen LogP contribution in [0.5, 0.6) is 17.2 Å². The summed E-state index contributed by atoms with van der Waals surface area (Å²) in [5.41, 5.74) is 4.94. The maximum absolute atomic E-state index is 6.61. The summed E-state index contributed by atoms with van der Waals surface area (Å²) in [6, 6.07) is 35.5. The Balaban J connectivity index is 1.42. The van der Waals surface area contributed by atoms with Gasteiger partial charge in [-0.15, -0.1) is 0 Å². The molecular formula is C32H34N2O3. The van der Waals surface area contributed by atoms with Gasteiger partial charge in [0.15, 0.2) is 0 Å². The molecule has 0 radical (unpaired) electrons. The standard InChI is InChI=1S/C32H34N2O3/c1-35-27-13-15-28(16-14-27)37-32-20-26-19-29(36-2)17-18-30(26)33-31(32)23-34(21-24-9-5-3-6-10-24)22-25-11-7-4-8-12-25/h3-19,31-33H,20-23H2,1-2H3/t31-,32-/m1/s1. The zero-order valence-electron chi connectivity index (χ0n) is 21.5. The highest BCUT2D eigenvalue weighted by molar-refractivity contribution is 5.57. The fourth-order valence-electron chi connectivity index (χ4n) is 4.92. The van der Waals surface area contributed by atoms with E-state index in [1.54, 1.807) is 14.2 Å². The van der Waals surface area contributed by atoms with E-state index in [1.807, 2.05) is 30.3 Å². The first-order valence-corrected chi connectivity index (χ1v) is 12.7. The molecule has 1 aliphatic heterocycles. The normalized spacial score (nSPS) is 16.5. The minimum atomic E-state index is -0.0537. The fourth-order valence-corrected chi connectivity index (χ4v) is 4.92. The lowest BCUT2D eigenvalue weighted by atomic mass is 9.94. The Kier molecular flexibility index (Phi) is 7.92. The lowest BCUT2D eigenvalue weighted by Crippen LogP contribution is -2.49. The van der Waals surface area contributed by atoms with E-state index >= 15 is 0 Å². The van der Waals surface area contributed by atoms with E-state index in [0.717, 1.165) is 49.0 Å². The molecule has 0 saturated heterocycles. The van der Waals surface area contributed by atoms with E-state index in [4.69, 9.17) is 14.2 Å². The largest absolute Gasteiger partial charge is 0.497 e. The van der Waals surface area contributed by atoms with Crippen LogP contribution in [0.15, 0.2) is 103 Å². The number of fused-ring (bicyclic) bond motifs is 1. The fraction of sp³-hybridized carbons (Fsp3) is 0.250. The topological polar surface area (TPSA) is 43.0 Å². The van der Waals surface area contributed by atoms with E-state index < -0.39 is 0 Å². The van der Waals surface area contributed by atoms with Gasteiger partial charge in [-0.1, -0.05) is 60.7 Å². The van der Waals surface area contributed by atoms with Crippen LogP contribution >= 0.6 is 0 Å². The average Bonchev–Trinajstić information content (AvgIpc) is 2.94. The van der Waals surface area contributed by atoms with Crippen LogP contribution in [0.25, 0.3) is 0 Å². The molecule has 0 amide bonds. The molecule has 1 heterocycles. The summed E-state index contributed by atoms with van der Waals surface area (Å²) in [4.78, 5) is 2.50. The summed E-state index contributed by atoms with van der Waals surface area (Å²) in [6.45, 7) is 2.55. The number of rotatable bonds is 10. The Morgan fingerprint density at radius 3 is 1.86 bits per heavy atom. The summed E-state index contributed by atoms with van der Waals surface area (Å²) in [5.74, 6) is 2.51. The van der Waals surface area contributed by atoms with Gasteiger partial charge in [-0.05, 0) is 59.2 Å². The minimum Gasteiger partial charge on any atom is -0.497 e. The minimum absolute atomic E-state index is 0.0537. The van der Waals surface area contributed by atoms with Crippen molar-refractivity contribution in [2.45, 2.75) is 31.7 Å². The van der Waals surface area contributed by atoms with E-state index in [1.165, 1.54) is 16.7 Å². The van der Waals surface area contributed by atoms with Crippen molar-refractivity contribution in [3.05, 3.63) is 120 Å². The van der Waals surface area contributed by atoms with Crippen molar-refractivity contribution in [3.63, 3.8) is 0 Å². The number of nitrogens with one attached hydrogen (secondary N) is 1. The van der Waals surface area contributed by atoms with Crippen molar-refractivity contribution in [1.29, 1.82) is 0 Å². The molecule has 37 heavy (non-hydrogen) atoms. The van der Waals surface area contributed by atoms with Crippen molar-refractivity contribution in [1.82, 2.24) is 4.90 Å². The number of benzene rings is 4. The number of hydrogen-bond acceptors (Lipinski definition) is 5. The smallest absolute Gasteiger partial charge is 0.124 e. The molecule has 5 nitrogen and oxygen atoms in total. The molecule has 5 heteroatoms. The molecule has 0 bridgehead atoms. The van der Waals surface area contributed by atoms with Crippen molar-refractivity contribution < 1.29 is 14.2 Å². The van der Waals surface area contributed by atoms with Gasteiger partial charge in [0.1, 0.15) is 23.4 Å². The van der Waals surface area contributed by atoms with Gasteiger partial charge in [-0.2, -0.15) is 0 Å². The predicted molar refractivity (Wildman–Crippen MR) is 149 cm³/mol. The third-order valence-electron chi connectivity index (χ3n) is 6.82. The maximum atomic E-state index is 6.61. The lowest BCUT2D eigenvalue weighted by molar-refractivity contribution is 0.137. The van der Waals surface area contributed by atoms with Gasteiger partial charge in [0.05, 0.1) is 20.3 Å². The first kappa shape index (κ1) is 24.7. The summed E-state index contributed by atoms with van der Waals surface area (Å²) >= 11 is 0. The highest BCUT2D eigenvalue weighted by Crippen LogP contribution is 2.32. The third-order valence-corrected chi connectivity index (χ3v) is 6.82. The summed E-state index contributed by atoms with van der Waals surface area (Å²) in [5, 5.41) is 3.80. The van der Waals surface area contributed by atoms with Crippen molar-refractivity contribution in [2.75, 3.05) is 26.1 Å². The monoisotopic (exact) mass is 494 g/mol. The summed E-state index contributed by atoms with van der Waals surface area (Å²) < 4.78 is 17.4. The molecular weight excluding hydrogens is 460 g/mol. The highest BCUT2D eigenvalue weighted by atomic mass is 16.5.